The van der Waals surface area contributed by atoms with Gasteiger partial charge in [-0.15, -0.1) is 0 Å². The maximum absolute atomic E-state index is 6.83. The normalized spacial score (nSPS) is 12.3. The Morgan fingerprint density at radius 3 is 1.98 bits per heavy atom. The first-order valence-electron chi connectivity index (χ1n) is 15.6. The van der Waals surface area contributed by atoms with Gasteiger partial charge >= 0.3 is 0 Å². The van der Waals surface area contributed by atoms with E-state index >= 15 is 0 Å². The third-order valence-electron chi connectivity index (χ3n) is 9.70. The van der Waals surface area contributed by atoms with E-state index in [0.717, 1.165) is 66.5 Å². The molecule has 4 nitrogen and oxygen atoms in total. The Bertz CT molecular complexity index is 3020. The number of fused-ring (bicyclic) bond motifs is 6. The summed E-state index contributed by atoms with van der Waals surface area (Å²) in [6.07, 6.45) is 0. The van der Waals surface area contributed by atoms with Crippen LogP contribution in [0.25, 0.3) is 104 Å². The van der Waals surface area contributed by atoms with E-state index in [1.54, 1.807) is 0 Å². The molecule has 0 atom stereocenters. The number of aromatic nitrogens is 3. The fraction of sp³-hybridized carbons (Fsp3) is 0. The highest BCUT2D eigenvalue weighted by Gasteiger charge is 2.25. The standard InChI is InChI=1S/C42H23N3O/c1-2-11-24(12-3-1)40-42(44-32-19-9-8-18-31(32)43-40)45-33-20-10-17-29-27-15-6-7-16-28(27)30-23-25-13-4-5-14-26(25)41-37(30)39-35(46-41)22-21-34(45)38(39)36(29)33/h1-23H. The molecule has 46 heavy (non-hydrogen) atoms. The molecule has 0 fully saturated rings. The first-order valence-corrected chi connectivity index (χ1v) is 15.6. The second-order valence-electron chi connectivity index (χ2n) is 12.1. The van der Waals surface area contributed by atoms with Crippen molar-refractivity contribution in [1.82, 2.24) is 14.5 Å². The molecule has 0 unspecified atom stereocenters. The first kappa shape index (κ1) is 24.1. The molecular formula is C42H23N3O. The summed E-state index contributed by atoms with van der Waals surface area (Å²) in [5, 5.41) is 11.8. The van der Waals surface area contributed by atoms with Gasteiger partial charge in [0.15, 0.2) is 5.82 Å². The monoisotopic (exact) mass is 585 g/mol. The zero-order valence-electron chi connectivity index (χ0n) is 24.5. The maximum Gasteiger partial charge on any atom is 0.165 e. The molecule has 0 saturated carbocycles. The zero-order chi connectivity index (χ0) is 29.9. The summed E-state index contributed by atoms with van der Waals surface area (Å²) in [5.74, 6) is 0.812. The van der Waals surface area contributed by atoms with E-state index in [1.165, 1.54) is 37.7 Å². The molecule has 0 bridgehead atoms. The number of benzene rings is 7. The second kappa shape index (κ2) is 8.68. The van der Waals surface area contributed by atoms with Gasteiger partial charge in [0.2, 0.25) is 0 Å². The van der Waals surface area contributed by atoms with E-state index < -0.39 is 0 Å². The minimum atomic E-state index is 0.812. The Kier molecular flexibility index (Phi) is 4.55. The van der Waals surface area contributed by atoms with E-state index in [-0.39, 0.29) is 0 Å². The van der Waals surface area contributed by atoms with Crippen molar-refractivity contribution in [2.75, 3.05) is 0 Å². The lowest BCUT2D eigenvalue weighted by Crippen LogP contribution is -2.03. The van der Waals surface area contributed by atoms with Crippen molar-refractivity contribution in [2.45, 2.75) is 0 Å². The van der Waals surface area contributed by atoms with Crippen LogP contribution in [-0.2, 0) is 0 Å². The summed E-state index contributed by atoms with van der Waals surface area (Å²) in [4.78, 5) is 10.6. The molecule has 0 aliphatic heterocycles. The SMILES string of the molecule is c1ccc(-c2nc3ccccc3nc2-n2c3cccc4c5ccccc5c5cc6ccccc6c6oc7ccc2c(c7c56)c43)cc1. The van der Waals surface area contributed by atoms with Gasteiger partial charge in [0.05, 0.1) is 22.1 Å². The molecular weight excluding hydrogens is 562 g/mol. The number of nitrogens with zero attached hydrogens (tertiary/aromatic N) is 3. The molecule has 11 rings (SSSR count). The zero-order valence-corrected chi connectivity index (χ0v) is 24.5. The van der Waals surface area contributed by atoms with Gasteiger partial charge in [-0.1, -0.05) is 103 Å². The van der Waals surface area contributed by atoms with Crippen molar-refractivity contribution >= 4 is 87.1 Å². The molecule has 4 heteroatoms. The van der Waals surface area contributed by atoms with Gasteiger partial charge in [-0.05, 0) is 63.3 Å². The van der Waals surface area contributed by atoms with Crippen LogP contribution in [0.1, 0.15) is 0 Å². The van der Waals surface area contributed by atoms with E-state index in [0.29, 0.717) is 0 Å². The summed E-state index contributed by atoms with van der Waals surface area (Å²) < 4.78 is 9.15. The number of para-hydroxylation sites is 2. The lowest BCUT2D eigenvalue weighted by atomic mass is 9.93. The molecule has 0 spiro atoms. The smallest absolute Gasteiger partial charge is 0.165 e. The highest BCUT2D eigenvalue weighted by atomic mass is 16.3. The van der Waals surface area contributed by atoms with Gasteiger partial charge in [0.1, 0.15) is 16.9 Å². The van der Waals surface area contributed by atoms with Crippen molar-refractivity contribution in [1.29, 1.82) is 0 Å². The van der Waals surface area contributed by atoms with Crippen molar-refractivity contribution in [3.63, 3.8) is 0 Å². The minimum absolute atomic E-state index is 0.812. The molecule has 11 aromatic rings. The van der Waals surface area contributed by atoms with Crippen LogP contribution in [0.15, 0.2) is 144 Å². The van der Waals surface area contributed by atoms with Crippen molar-refractivity contribution < 1.29 is 4.42 Å². The van der Waals surface area contributed by atoms with Gasteiger partial charge in [0.25, 0.3) is 0 Å². The van der Waals surface area contributed by atoms with Crippen molar-refractivity contribution in [3.8, 4) is 17.1 Å². The molecule has 8 aromatic carbocycles. The summed E-state index contributed by atoms with van der Waals surface area (Å²) in [6, 6.07) is 49.2. The fourth-order valence-electron chi connectivity index (χ4n) is 7.80. The summed E-state index contributed by atoms with van der Waals surface area (Å²) in [7, 11) is 0. The van der Waals surface area contributed by atoms with Gasteiger partial charge in [-0.2, -0.15) is 0 Å². The Labute approximate surface area is 262 Å². The lowest BCUT2D eigenvalue weighted by molar-refractivity contribution is 0.673. The number of furan rings is 1. The van der Waals surface area contributed by atoms with E-state index in [4.69, 9.17) is 14.4 Å². The van der Waals surface area contributed by atoms with Crippen LogP contribution >= 0.6 is 0 Å². The Morgan fingerprint density at radius 1 is 0.457 bits per heavy atom. The van der Waals surface area contributed by atoms with Crippen molar-refractivity contribution in [2.24, 2.45) is 0 Å². The van der Waals surface area contributed by atoms with Crippen LogP contribution in [0.5, 0.6) is 0 Å². The molecule has 212 valence electrons. The molecule has 3 aromatic heterocycles. The third-order valence-corrected chi connectivity index (χ3v) is 9.70. The quantitative estimate of drug-likeness (QED) is 0.203. The van der Waals surface area contributed by atoms with E-state index in [2.05, 4.69) is 114 Å². The van der Waals surface area contributed by atoms with E-state index in [9.17, 15) is 0 Å². The van der Waals surface area contributed by atoms with Gasteiger partial charge < -0.3 is 4.42 Å². The van der Waals surface area contributed by atoms with Gasteiger partial charge in [0, 0.05) is 32.5 Å². The van der Waals surface area contributed by atoms with Crippen LogP contribution in [0.2, 0.25) is 0 Å². The molecule has 0 radical (unpaired) electrons. The summed E-state index contributed by atoms with van der Waals surface area (Å²) >= 11 is 0. The lowest BCUT2D eigenvalue weighted by Gasteiger charge is -2.13. The third kappa shape index (κ3) is 3.03. The Morgan fingerprint density at radius 2 is 1.13 bits per heavy atom. The Balaban J connectivity index is 1.44. The highest BCUT2D eigenvalue weighted by Crippen LogP contribution is 2.48. The van der Waals surface area contributed by atoms with Crippen LogP contribution in [0.4, 0.5) is 0 Å². The number of rotatable bonds is 2. The Hall–Kier alpha value is -6.26. The van der Waals surface area contributed by atoms with Crippen molar-refractivity contribution in [3.05, 3.63) is 140 Å². The molecule has 3 heterocycles. The highest BCUT2D eigenvalue weighted by molar-refractivity contribution is 6.40. The second-order valence-corrected chi connectivity index (χ2v) is 12.1. The topological polar surface area (TPSA) is 43.9 Å². The molecule has 0 aliphatic rings. The first-order chi connectivity index (χ1) is 22.8. The number of hydrogen-bond donors (Lipinski definition) is 0. The van der Waals surface area contributed by atoms with E-state index in [1.807, 2.05) is 30.3 Å². The fourth-order valence-corrected chi connectivity index (χ4v) is 7.80. The van der Waals surface area contributed by atoms with Crippen LogP contribution in [0, 0.1) is 0 Å². The summed E-state index contributed by atoms with van der Waals surface area (Å²) in [5.41, 5.74) is 7.61. The van der Waals surface area contributed by atoms with Crippen LogP contribution in [0.3, 0.4) is 0 Å². The van der Waals surface area contributed by atoms with Crippen LogP contribution in [-0.4, -0.2) is 14.5 Å². The van der Waals surface area contributed by atoms with Gasteiger partial charge in [-0.3, -0.25) is 4.57 Å². The molecule has 0 aliphatic carbocycles. The largest absolute Gasteiger partial charge is 0.455 e. The maximum atomic E-state index is 6.83. The average molecular weight is 586 g/mol. The molecule has 0 saturated heterocycles. The number of hydrogen-bond acceptors (Lipinski definition) is 3. The predicted molar refractivity (Wildman–Crippen MR) is 190 cm³/mol. The summed E-state index contributed by atoms with van der Waals surface area (Å²) in [6.45, 7) is 0. The minimum Gasteiger partial charge on any atom is -0.455 e. The molecule has 0 amide bonds. The average Bonchev–Trinajstić information content (AvgIpc) is 3.67. The molecule has 0 N–H and O–H groups in total. The van der Waals surface area contributed by atoms with Gasteiger partial charge in [-0.25, -0.2) is 9.97 Å². The van der Waals surface area contributed by atoms with Crippen LogP contribution < -0.4 is 0 Å². The predicted octanol–water partition coefficient (Wildman–Crippen LogP) is 11.2.